The number of nitrogens with two attached hydrogens (primary N) is 1. The minimum absolute atomic E-state index is 0.0908. The Morgan fingerprint density at radius 1 is 1.23 bits per heavy atom. The number of hydrogen-bond donors (Lipinski definition) is 1. The lowest BCUT2D eigenvalue weighted by Gasteiger charge is -2.31. The van der Waals surface area contributed by atoms with E-state index in [1.165, 1.54) is 6.20 Å². The molecular formula is C17H23F3N6. The number of rotatable bonds is 4. The SMILES string of the molecule is CN1CCC(N=CC(=CN)c2cc(C(F)(F)F)nc(N3CCC3)n2)CC1. The highest BCUT2D eigenvalue weighted by atomic mass is 19.4. The number of hydrogen-bond acceptors (Lipinski definition) is 6. The first-order valence-electron chi connectivity index (χ1n) is 8.72. The topological polar surface area (TPSA) is 70.6 Å². The summed E-state index contributed by atoms with van der Waals surface area (Å²) in [5.74, 6) is 0.0908. The molecule has 142 valence electrons. The van der Waals surface area contributed by atoms with Crippen LogP contribution in [-0.4, -0.2) is 60.4 Å². The van der Waals surface area contributed by atoms with Crippen molar-refractivity contribution in [1.29, 1.82) is 0 Å². The highest BCUT2D eigenvalue weighted by Crippen LogP contribution is 2.31. The lowest BCUT2D eigenvalue weighted by atomic mass is 10.1. The monoisotopic (exact) mass is 368 g/mol. The number of likely N-dealkylation sites (tertiary alicyclic amines) is 1. The molecule has 6 nitrogen and oxygen atoms in total. The van der Waals surface area contributed by atoms with Gasteiger partial charge in [0.1, 0.15) is 0 Å². The highest BCUT2D eigenvalue weighted by molar-refractivity contribution is 6.09. The summed E-state index contributed by atoms with van der Waals surface area (Å²) >= 11 is 0. The maximum Gasteiger partial charge on any atom is 0.433 e. The lowest BCUT2D eigenvalue weighted by molar-refractivity contribution is -0.141. The van der Waals surface area contributed by atoms with Gasteiger partial charge in [-0.3, -0.25) is 4.99 Å². The van der Waals surface area contributed by atoms with Gasteiger partial charge in [-0.2, -0.15) is 13.2 Å². The van der Waals surface area contributed by atoms with Crippen molar-refractivity contribution in [3.05, 3.63) is 23.7 Å². The Labute approximate surface area is 150 Å². The quantitative estimate of drug-likeness (QED) is 0.825. The van der Waals surface area contributed by atoms with E-state index in [1.807, 2.05) is 0 Å². The average molecular weight is 368 g/mol. The maximum atomic E-state index is 13.2. The second-order valence-corrected chi connectivity index (χ2v) is 6.71. The Morgan fingerprint density at radius 3 is 2.46 bits per heavy atom. The van der Waals surface area contributed by atoms with Crippen LogP contribution in [0.4, 0.5) is 19.1 Å². The van der Waals surface area contributed by atoms with Gasteiger partial charge < -0.3 is 15.5 Å². The van der Waals surface area contributed by atoms with Crippen molar-refractivity contribution in [3.8, 4) is 0 Å². The molecule has 0 aromatic carbocycles. The van der Waals surface area contributed by atoms with Gasteiger partial charge in [-0.1, -0.05) is 0 Å². The number of alkyl halides is 3. The van der Waals surface area contributed by atoms with Crippen molar-refractivity contribution in [3.63, 3.8) is 0 Å². The van der Waals surface area contributed by atoms with Crippen molar-refractivity contribution in [2.24, 2.45) is 10.7 Å². The highest BCUT2D eigenvalue weighted by Gasteiger charge is 2.35. The molecule has 0 saturated carbocycles. The van der Waals surface area contributed by atoms with Gasteiger partial charge >= 0.3 is 6.18 Å². The molecule has 0 unspecified atom stereocenters. The van der Waals surface area contributed by atoms with Crippen molar-refractivity contribution < 1.29 is 13.2 Å². The fraction of sp³-hybridized carbons (Fsp3) is 0.588. The summed E-state index contributed by atoms with van der Waals surface area (Å²) in [4.78, 5) is 16.4. The molecule has 26 heavy (non-hydrogen) atoms. The number of anilines is 1. The summed E-state index contributed by atoms with van der Waals surface area (Å²) in [7, 11) is 2.06. The fourth-order valence-corrected chi connectivity index (χ4v) is 2.91. The van der Waals surface area contributed by atoms with Crippen LogP contribution in [-0.2, 0) is 6.18 Å². The molecule has 0 amide bonds. The molecule has 3 rings (SSSR count). The van der Waals surface area contributed by atoms with Gasteiger partial charge in [-0.05, 0) is 45.5 Å². The first-order valence-corrected chi connectivity index (χ1v) is 8.72. The Morgan fingerprint density at radius 2 is 1.92 bits per heavy atom. The Balaban J connectivity index is 1.85. The molecule has 2 aliphatic rings. The largest absolute Gasteiger partial charge is 0.433 e. The van der Waals surface area contributed by atoms with Gasteiger partial charge in [-0.25, -0.2) is 9.97 Å². The van der Waals surface area contributed by atoms with Gasteiger partial charge in [-0.15, -0.1) is 0 Å². The summed E-state index contributed by atoms with van der Waals surface area (Å²) in [6.45, 7) is 3.22. The molecule has 2 saturated heterocycles. The van der Waals surface area contributed by atoms with Crippen LogP contribution >= 0.6 is 0 Å². The van der Waals surface area contributed by atoms with E-state index in [9.17, 15) is 13.2 Å². The second-order valence-electron chi connectivity index (χ2n) is 6.71. The third kappa shape index (κ3) is 4.32. The summed E-state index contributed by atoms with van der Waals surface area (Å²) in [6, 6.07) is 1.09. The third-order valence-electron chi connectivity index (χ3n) is 4.73. The number of allylic oxidation sites excluding steroid dienone is 1. The number of nitrogens with zero attached hydrogens (tertiary/aromatic N) is 5. The molecule has 1 aromatic rings. The van der Waals surface area contributed by atoms with Gasteiger partial charge in [0.2, 0.25) is 5.95 Å². The standard InChI is InChI=1S/C17H23F3N6/c1-25-7-3-13(4-8-25)22-11-12(10-21)14-9-15(17(18,19)20)24-16(23-14)26-5-2-6-26/h9-11,13H,2-8,21H2,1H3. The first-order chi connectivity index (χ1) is 12.4. The average Bonchev–Trinajstić information content (AvgIpc) is 2.54. The van der Waals surface area contributed by atoms with Crippen LogP contribution in [0.1, 0.15) is 30.7 Å². The summed E-state index contributed by atoms with van der Waals surface area (Å²) in [6.07, 6.45) is 1.01. The van der Waals surface area contributed by atoms with Crippen LogP contribution in [0.3, 0.4) is 0 Å². The van der Waals surface area contributed by atoms with Crippen LogP contribution in [0.15, 0.2) is 17.3 Å². The molecule has 2 fully saturated rings. The molecule has 0 radical (unpaired) electrons. The van der Waals surface area contributed by atoms with E-state index in [4.69, 9.17) is 5.73 Å². The molecule has 0 aliphatic carbocycles. The van der Waals surface area contributed by atoms with E-state index in [1.54, 1.807) is 11.1 Å². The maximum absolute atomic E-state index is 13.2. The molecule has 1 aromatic heterocycles. The predicted octanol–water partition coefficient (Wildman–Crippen LogP) is 2.17. The van der Waals surface area contributed by atoms with Crippen LogP contribution in [0.2, 0.25) is 0 Å². The summed E-state index contributed by atoms with van der Waals surface area (Å²) < 4.78 is 39.6. The number of piperidine rings is 1. The first kappa shape index (κ1) is 18.6. The van der Waals surface area contributed by atoms with Gasteiger partial charge in [0.25, 0.3) is 0 Å². The van der Waals surface area contributed by atoms with Gasteiger partial charge in [0.15, 0.2) is 5.69 Å². The van der Waals surface area contributed by atoms with E-state index >= 15 is 0 Å². The zero-order valence-electron chi connectivity index (χ0n) is 14.7. The Bertz CT molecular complexity index is 688. The second kappa shape index (κ2) is 7.61. The molecule has 0 bridgehead atoms. The van der Waals surface area contributed by atoms with E-state index in [-0.39, 0.29) is 17.7 Å². The zero-order chi connectivity index (χ0) is 18.7. The molecule has 2 N–H and O–H groups in total. The molecule has 0 spiro atoms. The zero-order valence-corrected chi connectivity index (χ0v) is 14.7. The van der Waals surface area contributed by atoms with E-state index < -0.39 is 11.9 Å². The third-order valence-corrected chi connectivity index (χ3v) is 4.73. The van der Waals surface area contributed by atoms with E-state index in [2.05, 4.69) is 26.9 Å². The Hall–Kier alpha value is -2.16. The van der Waals surface area contributed by atoms with Crippen molar-refractivity contribution >= 4 is 17.7 Å². The van der Waals surface area contributed by atoms with Crippen molar-refractivity contribution in [2.45, 2.75) is 31.5 Å². The normalized spacial score (nSPS) is 20.6. The summed E-state index contributed by atoms with van der Waals surface area (Å²) in [5.41, 5.74) is 5.22. The van der Waals surface area contributed by atoms with E-state index in [0.29, 0.717) is 18.7 Å². The van der Waals surface area contributed by atoms with Gasteiger partial charge in [0, 0.05) is 31.1 Å². The molecule has 9 heteroatoms. The van der Waals surface area contributed by atoms with Crippen LogP contribution in [0, 0.1) is 0 Å². The smallest absolute Gasteiger partial charge is 0.404 e. The minimum Gasteiger partial charge on any atom is -0.404 e. The lowest BCUT2D eigenvalue weighted by Crippen LogP contribution is -2.38. The fourth-order valence-electron chi connectivity index (χ4n) is 2.91. The number of aliphatic imine (C=N–C) groups is 1. The molecule has 0 atom stereocenters. The molecular weight excluding hydrogens is 345 g/mol. The molecule has 3 heterocycles. The van der Waals surface area contributed by atoms with Crippen LogP contribution in [0.25, 0.3) is 5.57 Å². The predicted molar refractivity (Wildman–Crippen MR) is 95.0 cm³/mol. The van der Waals surface area contributed by atoms with Crippen molar-refractivity contribution in [2.75, 3.05) is 38.1 Å². The number of halogens is 3. The van der Waals surface area contributed by atoms with Crippen LogP contribution in [0.5, 0.6) is 0 Å². The molecule has 2 aliphatic heterocycles. The number of aromatic nitrogens is 2. The van der Waals surface area contributed by atoms with Gasteiger partial charge in [0.05, 0.1) is 11.7 Å². The Kier molecular flexibility index (Phi) is 5.45. The minimum atomic E-state index is -4.54. The van der Waals surface area contributed by atoms with E-state index in [0.717, 1.165) is 38.4 Å². The summed E-state index contributed by atoms with van der Waals surface area (Å²) in [5, 5.41) is 0. The van der Waals surface area contributed by atoms with Crippen LogP contribution < -0.4 is 10.6 Å². The van der Waals surface area contributed by atoms with Crippen molar-refractivity contribution in [1.82, 2.24) is 14.9 Å².